The summed E-state index contributed by atoms with van der Waals surface area (Å²) in [4.78, 5) is 10.1. The van der Waals surface area contributed by atoms with E-state index in [1.807, 2.05) is 19.1 Å². The summed E-state index contributed by atoms with van der Waals surface area (Å²) in [6.45, 7) is 1.93. The van der Waals surface area contributed by atoms with Gasteiger partial charge in [-0.05, 0) is 18.1 Å². The fraction of sp³-hybridized carbons (Fsp3) is 0.200. The molecule has 0 N–H and O–H groups in total. The first-order valence-electron chi connectivity index (χ1n) is 4.12. The molecule has 0 aromatic heterocycles. The number of nitro benzene ring substituents is 1. The van der Waals surface area contributed by atoms with Gasteiger partial charge in [0.1, 0.15) is 0 Å². The maximum Gasteiger partial charge on any atom is 0.270 e. The number of nitro groups is 1. The Labute approximate surface area is 90.7 Å². The number of non-ortho nitro benzene ring substituents is 1. The second-order valence-corrected chi connectivity index (χ2v) is 3.50. The van der Waals surface area contributed by atoms with Gasteiger partial charge in [0.15, 0.2) is 0 Å². The Hall–Kier alpha value is -1.16. The van der Waals surface area contributed by atoms with E-state index in [4.69, 9.17) is 0 Å². The highest BCUT2D eigenvalue weighted by Crippen LogP contribution is 2.18. The molecule has 0 aliphatic rings. The second-order valence-electron chi connectivity index (χ2n) is 2.85. The van der Waals surface area contributed by atoms with E-state index in [9.17, 15) is 10.1 Å². The van der Waals surface area contributed by atoms with Crippen molar-refractivity contribution >= 4 is 27.7 Å². The minimum atomic E-state index is -0.384. The molecule has 0 atom stereocenters. The Morgan fingerprint density at radius 2 is 2.29 bits per heavy atom. The van der Waals surface area contributed by atoms with Crippen LogP contribution in [0.3, 0.4) is 0 Å². The van der Waals surface area contributed by atoms with Gasteiger partial charge in [0, 0.05) is 17.5 Å². The Kier molecular flexibility index (Phi) is 3.83. The van der Waals surface area contributed by atoms with E-state index in [-0.39, 0.29) is 10.6 Å². The highest BCUT2D eigenvalue weighted by atomic mass is 79.9. The zero-order valence-electron chi connectivity index (χ0n) is 7.74. The molecule has 14 heavy (non-hydrogen) atoms. The third kappa shape index (κ3) is 2.67. The lowest BCUT2D eigenvalue weighted by Crippen LogP contribution is -1.89. The second kappa shape index (κ2) is 4.91. The predicted molar refractivity (Wildman–Crippen MR) is 60.7 cm³/mol. The van der Waals surface area contributed by atoms with Crippen LogP contribution >= 0.6 is 15.9 Å². The average Bonchev–Trinajstić information content (AvgIpc) is 2.16. The van der Waals surface area contributed by atoms with Crippen LogP contribution in [0, 0.1) is 17.0 Å². The van der Waals surface area contributed by atoms with Crippen LogP contribution in [0.2, 0.25) is 0 Å². The first kappa shape index (κ1) is 10.9. The molecule has 0 saturated carbocycles. The van der Waals surface area contributed by atoms with Crippen molar-refractivity contribution < 1.29 is 4.92 Å². The lowest BCUT2D eigenvalue weighted by Gasteiger charge is -1.99. The minimum Gasteiger partial charge on any atom is -0.258 e. The number of nitrogens with zero attached hydrogens (tertiary/aromatic N) is 1. The van der Waals surface area contributed by atoms with Crippen molar-refractivity contribution in [2.45, 2.75) is 6.92 Å². The Morgan fingerprint density at radius 3 is 2.86 bits per heavy atom. The molecule has 0 spiro atoms. The van der Waals surface area contributed by atoms with E-state index < -0.39 is 0 Å². The smallest absolute Gasteiger partial charge is 0.258 e. The van der Waals surface area contributed by atoms with Crippen molar-refractivity contribution in [1.29, 1.82) is 0 Å². The summed E-state index contributed by atoms with van der Waals surface area (Å²) in [7, 11) is 0. The fourth-order valence-corrected chi connectivity index (χ4v) is 1.28. The van der Waals surface area contributed by atoms with E-state index >= 15 is 0 Å². The van der Waals surface area contributed by atoms with Gasteiger partial charge in [0.25, 0.3) is 5.69 Å². The van der Waals surface area contributed by atoms with Crippen molar-refractivity contribution in [3.8, 4) is 0 Å². The molecule has 0 aliphatic carbocycles. The summed E-state index contributed by atoms with van der Waals surface area (Å²) < 4.78 is 0. The third-order valence-corrected chi connectivity index (χ3v) is 2.23. The third-order valence-electron chi connectivity index (χ3n) is 1.86. The van der Waals surface area contributed by atoms with Gasteiger partial charge < -0.3 is 0 Å². The first-order chi connectivity index (χ1) is 6.65. The van der Waals surface area contributed by atoms with Gasteiger partial charge in [-0.2, -0.15) is 0 Å². The molecular weight excluding hydrogens is 246 g/mol. The number of allylic oxidation sites excluding steroid dienone is 1. The molecule has 3 nitrogen and oxygen atoms in total. The number of hydrogen-bond acceptors (Lipinski definition) is 2. The number of benzene rings is 1. The molecule has 74 valence electrons. The standard InChI is InChI=1S/C10H10BrNO2/c1-8-4-5-10(12(13)14)7-9(8)3-2-6-11/h2-5,7H,6H2,1H3. The first-order valence-corrected chi connectivity index (χ1v) is 5.25. The summed E-state index contributed by atoms with van der Waals surface area (Å²) in [6.07, 6.45) is 3.78. The van der Waals surface area contributed by atoms with Crippen molar-refractivity contribution in [2.75, 3.05) is 5.33 Å². The topological polar surface area (TPSA) is 43.1 Å². The normalized spacial score (nSPS) is 10.7. The van der Waals surface area contributed by atoms with Crippen LogP contribution in [0.1, 0.15) is 11.1 Å². The molecule has 0 unspecified atom stereocenters. The molecular formula is C10H10BrNO2. The number of rotatable bonds is 3. The summed E-state index contributed by atoms with van der Waals surface area (Å²) in [6, 6.07) is 4.85. The largest absolute Gasteiger partial charge is 0.270 e. The molecule has 0 fully saturated rings. The summed E-state index contributed by atoms with van der Waals surface area (Å²) in [5, 5.41) is 11.3. The maximum absolute atomic E-state index is 10.5. The summed E-state index contributed by atoms with van der Waals surface area (Å²) in [5.41, 5.74) is 2.05. The van der Waals surface area contributed by atoms with Crippen LogP contribution < -0.4 is 0 Å². The average molecular weight is 256 g/mol. The van der Waals surface area contributed by atoms with Crippen molar-refractivity contribution in [3.63, 3.8) is 0 Å². The van der Waals surface area contributed by atoms with Crippen LogP contribution in [0.25, 0.3) is 6.08 Å². The number of hydrogen-bond donors (Lipinski definition) is 0. The number of halogens is 1. The Morgan fingerprint density at radius 1 is 1.57 bits per heavy atom. The van der Waals surface area contributed by atoms with Gasteiger partial charge in [-0.25, -0.2) is 0 Å². The number of aryl methyl sites for hydroxylation is 1. The SMILES string of the molecule is Cc1ccc([N+](=O)[O-])cc1C=CCBr. The zero-order valence-corrected chi connectivity index (χ0v) is 9.32. The van der Waals surface area contributed by atoms with Gasteiger partial charge in [-0.3, -0.25) is 10.1 Å². The molecule has 0 radical (unpaired) electrons. The Balaban J connectivity index is 3.08. The Bertz CT molecular complexity index is 374. The van der Waals surface area contributed by atoms with Gasteiger partial charge in [0.2, 0.25) is 0 Å². The fourth-order valence-electron chi connectivity index (χ4n) is 1.09. The van der Waals surface area contributed by atoms with Crippen molar-refractivity contribution in [1.82, 2.24) is 0 Å². The minimum absolute atomic E-state index is 0.129. The van der Waals surface area contributed by atoms with Crippen molar-refractivity contribution in [3.05, 3.63) is 45.5 Å². The molecule has 0 aliphatic heterocycles. The van der Waals surface area contributed by atoms with E-state index in [0.29, 0.717) is 0 Å². The lowest BCUT2D eigenvalue weighted by molar-refractivity contribution is -0.384. The highest BCUT2D eigenvalue weighted by molar-refractivity contribution is 9.09. The maximum atomic E-state index is 10.5. The molecule has 0 heterocycles. The molecule has 0 bridgehead atoms. The van der Waals surface area contributed by atoms with E-state index in [1.54, 1.807) is 12.1 Å². The van der Waals surface area contributed by atoms with E-state index in [1.165, 1.54) is 6.07 Å². The van der Waals surface area contributed by atoms with Crippen LogP contribution in [0.5, 0.6) is 0 Å². The van der Waals surface area contributed by atoms with Crippen LogP contribution in [-0.2, 0) is 0 Å². The number of alkyl halides is 1. The van der Waals surface area contributed by atoms with Gasteiger partial charge in [-0.1, -0.05) is 34.1 Å². The van der Waals surface area contributed by atoms with Gasteiger partial charge in [-0.15, -0.1) is 0 Å². The zero-order chi connectivity index (χ0) is 10.6. The van der Waals surface area contributed by atoms with Gasteiger partial charge >= 0.3 is 0 Å². The quantitative estimate of drug-likeness (QED) is 0.473. The molecule has 0 amide bonds. The van der Waals surface area contributed by atoms with E-state index in [0.717, 1.165) is 16.5 Å². The van der Waals surface area contributed by atoms with Crippen LogP contribution in [0.15, 0.2) is 24.3 Å². The summed E-state index contributed by atoms with van der Waals surface area (Å²) >= 11 is 3.26. The van der Waals surface area contributed by atoms with Crippen LogP contribution in [0.4, 0.5) is 5.69 Å². The van der Waals surface area contributed by atoms with E-state index in [2.05, 4.69) is 15.9 Å². The highest BCUT2D eigenvalue weighted by Gasteiger charge is 2.06. The molecule has 0 saturated heterocycles. The lowest BCUT2D eigenvalue weighted by atomic mass is 10.1. The molecule has 4 heteroatoms. The van der Waals surface area contributed by atoms with Gasteiger partial charge in [0.05, 0.1) is 4.92 Å². The molecule has 1 rings (SSSR count). The predicted octanol–water partition coefficient (Wildman–Crippen LogP) is 3.31. The monoisotopic (exact) mass is 255 g/mol. The summed E-state index contributed by atoms with van der Waals surface area (Å²) in [5.74, 6) is 0. The van der Waals surface area contributed by atoms with Crippen LogP contribution in [-0.4, -0.2) is 10.3 Å². The molecule has 1 aromatic rings. The molecule has 1 aromatic carbocycles. The van der Waals surface area contributed by atoms with Crippen molar-refractivity contribution in [2.24, 2.45) is 0 Å².